The van der Waals surface area contributed by atoms with Crippen LogP contribution in [0.5, 0.6) is 0 Å². The monoisotopic (exact) mass is 312 g/mol. The second-order valence-electron chi connectivity index (χ2n) is 5.11. The van der Waals surface area contributed by atoms with E-state index < -0.39 is 0 Å². The molecule has 1 fully saturated rings. The summed E-state index contributed by atoms with van der Waals surface area (Å²) < 4.78 is 1.13. The molecule has 1 heterocycles. The van der Waals surface area contributed by atoms with E-state index in [2.05, 4.69) is 51.3 Å². The minimum absolute atomic E-state index is 0.0836. The van der Waals surface area contributed by atoms with Crippen molar-refractivity contribution in [2.75, 3.05) is 31.6 Å². The van der Waals surface area contributed by atoms with E-state index in [0.29, 0.717) is 0 Å². The van der Waals surface area contributed by atoms with Gasteiger partial charge in [0.2, 0.25) is 0 Å². The van der Waals surface area contributed by atoms with Crippen LogP contribution >= 0.6 is 15.9 Å². The molecule has 1 aliphatic heterocycles. The molecule has 0 spiro atoms. The summed E-state index contributed by atoms with van der Waals surface area (Å²) >= 11 is 3.50. The van der Waals surface area contributed by atoms with E-state index in [9.17, 15) is 5.11 Å². The molecule has 3 nitrogen and oxygen atoms in total. The molecular formula is C14H21BrN2O. The van der Waals surface area contributed by atoms with E-state index in [1.165, 1.54) is 11.3 Å². The second kappa shape index (κ2) is 5.59. The average molecular weight is 313 g/mol. The van der Waals surface area contributed by atoms with E-state index in [1.807, 2.05) is 7.05 Å². The highest BCUT2D eigenvalue weighted by Gasteiger charge is 2.32. The number of benzene rings is 1. The van der Waals surface area contributed by atoms with Crippen molar-refractivity contribution < 1.29 is 5.11 Å². The normalized spacial score (nSPS) is 19.0. The number of aryl methyl sites for hydroxylation is 1. The first-order chi connectivity index (χ1) is 8.60. The van der Waals surface area contributed by atoms with Gasteiger partial charge >= 0.3 is 0 Å². The molecule has 2 rings (SSSR count). The van der Waals surface area contributed by atoms with Crippen LogP contribution < -0.4 is 10.2 Å². The smallest absolute Gasteiger partial charge is 0.0614 e. The van der Waals surface area contributed by atoms with Crippen LogP contribution in [0.1, 0.15) is 18.4 Å². The molecule has 0 aliphatic carbocycles. The summed E-state index contributed by atoms with van der Waals surface area (Å²) in [5.41, 5.74) is 2.52. The van der Waals surface area contributed by atoms with E-state index in [0.717, 1.165) is 30.4 Å². The number of aliphatic hydroxyl groups is 1. The fourth-order valence-corrected chi connectivity index (χ4v) is 3.11. The van der Waals surface area contributed by atoms with Crippen molar-refractivity contribution in [2.45, 2.75) is 25.3 Å². The van der Waals surface area contributed by atoms with Crippen molar-refractivity contribution in [3.8, 4) is 0 Å². The minimum Gasteiger partial charge on any atom is -0.394 e. The van der Waals surface area contributed by atoms with Crippen LogP contribution in [0.15, 0.2) is 22.7 Å². The van der Waals surface area contributed by atoms with Gasteiger partial charge in [-0.1, -0.05) is 15.9 Å². The van der Waals surface area contributed by atoms with Crippen molar-refractivity contribution in [3.05, 3.63) is 28.2 Å². The lowest BCUT2D eigenvalue weighted by Gasteiger charge is -2.42. The molecule has 1 aliphatic rings. The van der Waals surface area contributed by atoms with E-state index >= 15 is 0 Å². The average Bonchev–Trinajstić information content (AvgIpc) is 2.39. The van der Waals surface area contributed by atoms with Crippen molar-refractivity contribution in [3.63, 3.8) is 0 Å². The number of likely N-dealkylation sites (N-methyl/N-ethyl adjacent to an activating group) is 1. The largest absolute Gasteiger partial charge is 0.394 e. The summed E-state index contributed by atoms with van der Waals surface area (Å²) in [7, 11) is 1.94. The van der Waals surface area contributed by atoms with Crippen molar-refractivity contribution in [2.24, 2.45) is 0 Å². The van der Waals surface area contributed by atoms with E-state index in [-0.39, 0.29) is 12.1 Å². The number of hydrogen-bond acceptors (Lipinski definition) is 3. The highest BCUT2D eigenvalue weighted by atomic mass is 79.9. The zero-order valence-electron chi connectivity index (χ0n) is 11.0. The van der Waals surface area contributed by atoms with Gasteiger partial charge in [0, 0.05) is 28.8 Å². The van der Waals surface area contributed by atoms with Crippen LogP contribution in [-0.4, -0.2) is 37.4 Å². The van der Waals surface area contributed by atoms with E-state index in [4.69, 9.17) is 0 Å². The molecule has 1 saturated heterocycles. The number of anilines is 1. The molecule has 0 saturated carbocycles. The molecule has 0 aromatic heterocycles. The summed E-state index contributed by atoms with van der Waals surface area (Å²) in [5, 5.41) is 12.8. The lowest BCUT2D eigenvalue weighted by atomic mass is 9.88. The molecular weight excluding hydrogens is 292 g/mol. The number of nitrogens with zero attached hydrogens (tertiary/aromatic N) is 1. The van der Waals surface area contributed by atoms with Gasteiger partial charge in [-0.3, -0.25) is 0 Å². The third-order valence-electron chi connectivity index (χ3n) is 4.05. The summed E-state index contributed by atoms with van der Waals surface area (Å²) in [5.74, 6) is 0. The first-order valence-electron chi connectivity index (χ1n) is 6.41. The Hall–Kier alpha value is -0.580. The SMILES string of the molecule is CNC1(CO)CCN(c2ccc(Br)cc2C)CC1. The summed E-state index contributed by atoms with van der Waals surface area (Å²) in [6, 6.07) is 6.42. The van der Waals surface area contributed by atoms with Crippen LogP contribution in [0.25, 0.3) is 0 Å². The number of halogens is 1. The number of nitrogens with one attached hydrogen (secondary N) is 1. The number of hydrogen-bond donors (Lipinski definition) is 2. The minimum atomic E-state index is -0.0836. The Bertz CT molecular complexity index is 408. The first-order valence-corrected chi connectivity index (χ1v) is 7.20. The lowest BCUT2D eigenvalue weighted by molar-refractivity contribution is 0.142. The number of aliphatic hydroxyl groups excluding tert-OH is 1. The Morgan fingerprint density at radius 3 is 2.56 bits per heavy atom. The maximum atomic E-state index is 9.50. The van der Waals surface area contributed by atoms with Gasteiger partial charge in [-0.2, -0.15) is 0 Å². The Labute approximate surface area is 117 Å². The topological polar surface area (TPSA) is 35.5 Å². The van der Waals surface area contributed by atoms with Gasteiger partial charge in [-0.15, -0.1) is 0 Å². The van der Waals surface area contributed by atoms with Crippen LogP contribution in [0.2, 0.25) is 0 Å². The van der Waals surface area contributed by atoms with Gasteiger partial charge < -0.3 is 15.3 Å². The molecule has 0 unspecified atom stereocenters. The van der Waals surface area contributed by atoms with Gasteiger partial charge in [0.05, 0.1) is 6.61 Å². The summed E-state index contributed by atoms with van der Waals surface area (Å²) in [6.45, 7) is 4.34. The Balaban J connectivity index is 2.10. The summed E-state index contributed by atoms with van der Waals surface area (Å²) in [6.07, 6.45) is 1.96. The third-order valence-corrected chi connectivity index (χ3v) is 4.55. The Kier molecular flexibility index (Phi) is 4.30. The fourth-order valence-electron chi connectivity index (χ4n) is 2.64. The van der Waals surface area contributed by atoms with Gasteiger partial charge in [0.1, 0.15) is 0 Å². The molecule has 0 atom stereocenters. The van der Waals surface area contributed by atoms with Gasteiger partial charge in [-0.25, -0.2) is 0 Å². The van der Waals surface area contributed by atoms with Crippen LogP contribution in [-0.2, 0) is 0 Å². The van der Waals surface area contributed by atoms with Gasteiger partial charge in [0.15, 0.2) is 0 Å². The molecule has 0 bridgehead atoms. The van der Waals surface area contributed by atoms with Gasteiger partial charge in [0.25, 0.3) is 0 Å². The quantitative estimate of drug-likeness (QED) is 0.899. The van der Waals surface area contributed by atoms with Crippen molar-refractivity contribution >= 4 is 21.6 Å². The van der Waals surface area contributed by atoms with Crippen LogP contribution in [0, 0.1) is 6.92 Å². The van der Waals surface area contributed by atoms with Crippen molar-refractivity contribution in [1.29, 1.82) is 0 Å². The molecule has 100 valence electrons. The predicted molar refractivity (Wildman–Crippen MR) is 79.2 cm³/mol. The molecule has 4 heteroatoms. The standard InChI is InChI=1S/C14H21BrN2O/c1-11-9-12(15)3-4-13(11)17-7-5-14(10-18,16-2)6-8-17/h3-4,9,16,18H,5-8,10H2,1-2H3. The molecule has 0 amide bonds. The molecule has 0 radical (unpaired) electrons. The molecule has 1 aromatic rings. The third kappa shape index (κ3) is 2.71. The fraction of sp³-hybridized carbons (Fsp3) is 0.571. The lowest BCUT2D eigenvalue weighted by Crippen LogP contribution is -2.54. The zero-order valence-corrected chi connectivity index (χ0v) is 12.6. The highest BCUT2D eigenvalue weighted by Crippen LogP contribution is 2.29. The maximum Gasteiger partial charge on any atom is 0.0614 e. The van der Waals surface area contributed by atoms with Crippen LogP contribution in [0.3, 0.4) is 0 Å². The maximum absolute atomic E-state index is 9.50. The molecule has 2 N–H and O–H groups in total. The second-order valence-corrected chi connectivity index (χ2v) is 6.02. The molecule has 18 heavy (non-hydrogen) atoms. The number of piperidine rings is 1. The molecule has 1 aromatic carbocycles. The Morgan fingerprint density at radius 1 is 1.39 bits per heavy atom. The summed E-state index contributed by atoms with van der Waals surface area (Å²) in [4.78, 5) is 2.41. The first kappa shape index (κ1) is 13.8. The van der Waals surface area contributed by atoms with E-state index in [1.54, 1.807) is 0 Å². The highest BCUT2D eigenvalue weighted by molar-refractivity contribution is 9.10. The zero-order chi connectivity index (χ0) is 13.2. The number of rotatable bonds is 3. The van der Waals surface area contributed by atoms with Crippen LogP contribution in [0.4, 0.5) is 5.69 Å². The van der Waals surface area contributed by atoms with Gasteiger partial charge in [-0.05, 0) is 50.6 Å². The predicted octanol–water partition coefficient (Wildman–Crippen LogP) is 2.31. The van der Waals surface area contributed by atoms with Crippen molar-refractivity contribution in [1.82, 2.24) is 5.32 Å². The Morgan fingerprint density at radius 2 is 2.06 bits per heavy atom.